The third kappa shape index (κ3) is 3.21. The van der Waals surface area contributed by atoms with Crippen LogP contribution in [0.4, 0.5) is 0 Å². The summed E-state index contributed by atoms with van der Waals surface area (Å²) >= 11 is 0. The van der Waals surface area contributed by atoms with Crippen molar-refractivity contribution in [2.45, 2.75) is 19.9 Å². The topological polar surface area (TPSA) is 53.1 Å². The Morgan fingerprint density at radius 2 is 2.05 bits per heavy atom. The molecule has 2 rings (SSSR count). The van der Waals surface area contributed by atoms with Crippen molar-refractivity contribution in [1.82, 2.24) is 9.88 Å². The highest BCUT2D eigenvalue weighted by atomic mass is 16.3. The fourth-order valence-electron chi connectivity index (χ4n) is 2.03. The number of oxazole rings is 1. The standard InChI is InChI=1S/C15H17N3O/c1-3-8-18(2)10-14-15(19-11-17-14)13-6-4-12(9-16)5-7-13/h4-7,11H,3,8,10H2,1-2H3. The van der Waals surface area contributed by atoms with Gasteiger partial charge in [0.1, 0.15) is 5.69 Å². The molecule has 1 aromatic heterocycles. The van der Waals surface area contributed by atoms with Gasteiger partial charge in [-0.2, -0.15) is 5.26 Å². The van der Waals surface area contributed by atoms with Crippen molar-refractivity contribution in [3.8, 4) is 17.4 Å². The van der Waals surface area contributed by atoms with E-state index in [4.69, 9.17) is 9.68 Å². The molecule has 0 spiro atoms. The highest BCUT2D eigenvalue weighted by molar-refractivity contribution is 5.60. The summed E-state index contributed by atoms with van der Waals surface area (Å²) in [4.78, 5) is 6.50. The van der Waals surface area contributed by atoms with Gasteiger partial charge in [-0.3, -0.25) is 0 Å². The molecule has 98 valence electrons. The molecule has 1 aromatic carbocycles. The van der Waals surface area contributed by atoms with E-state index in [1.54, 1.807) is 12.1 Å². The van der Waals surface area contributed by atoms with Crippen LogP contribution in [-0.2, 0) is 6.54 Å². The number of benzene rings is 1. The first-order chi connectivity index (χ1) is 9.24. The zero-order chi connectivity index (χ0) is 13.7. The van der Waals surface area contributed by atoms with E-state index in [-0.39, 0.29) is 0 Å². The maximum atomic E-state index is 8.80. The second kappa shape index (κ2) is 6.17. The van der Waals surface area contributed by atoms with E-state index in [1.807, 2.05) is 12.1 Å². The highest BCUT2D eigenvalue weighted by Gasteiger charge is 2.12. The van der Waals surface area contributed by atoms with E-state index in [9.17, 15) is 0 Å². The highest BCUT2D eigenvalue weighted by Crippen LogP contribution is 2.24. The molecule has 0 saturated carbocycles. The number of aromatic nitrogens is 1. The lowest BCUT2D eigenvalue weighted by Gasteiger charge is -2.14. The van der Waals surface area contributed by atoms with Crippen LogP contribution in [0.25, 0.3) is 11.3 Å². The largest absolute Gasteiger partial charge is 0.443 e. The van der Waals surface area contributed by atoms with Crippen LogP contribution in [0.15, 0.2) is 35.1 Å². The second-order valence-electron chi connectivity index (χ2n) is 4.56. The average molecular weight is 255 g/mol. The van der Waals surface area contributed by atoms with Crippen LogP contribution in [0.2, 0.25) is 0 Å². The Bertz CT molecular complexity index is 566. The van der Waals surface area contributed by atoms with Gasteiger partial charge < -0.3 is 9.32 Å². The Labute approximate surface area is 113 Å². The third-order valence-electron chi connectivity index (χ3n) is 2.94. The molecule has 0 aliphatic carbocycles. The monoisotopic (exact) mass is 255 g/mol. The molecule has 4 heteroatoms. The van der Waals surface area contributed by atoms with Gasteiger partial charge in [0.25, 0.3) is 0 Å². The van der Waals surface area contributed by atoms with E-state index >= 15 is 0 Å². The molecule has 0 aliphatic heterocycles. The van der Waals surface area contributed by atoms with Gasteiger partial charge in [0.05, 0.1) is 11.6 Å². The molecule has 0 aliphatic rings. The molecule has 1 heterocycles. The van der Waals surface area contributed by atoms with Crippen LogP contribution < -0.4 is 0 Å². The Balaban J connectivity index is 2.21. The molecule has 19 heavy (non-hydrogen) atoms. The molecule has 0 unspecified atom stereocenters. The van der Waals surface area contributed by atoms with Crippen LogP contribution in [0.3, 0.4) is 0 Å². The summed E-state index contributed by atoms with van der Waals surface area (Å²) in [6.07, 6.45) is 2.59. The lowest BCUT2D eigenvalue weighted by Crippen LogP contribution is -2.19. The average Bonchev–Trinajstić information content (AvgIpc) is 2.87. The van der Waals surface area contributed by atoms with Crippen molar-refractivity contribution >= 4 is 0 Å². The second-order valence-corrected chi connectivity index (χ2v) is 4.56. The Morgan fingerprint density at radius 3 is 2.68 bits per heavy atom. The summed E-state index contributed by atoms with van der Waals surface area (Å²) in [5.41, 5.74) is 2.53. The molecule has 0 fully saturated rings. The van der Waals surface area contributed by atoms with E-state index in [0.29, 0.717) is 5.56 Å². The van der Waals surface area contributed by atoms with Gasteiger partial charge in [-0.15, -0.1) is 0 Å². The predicted octanol–water partition coefficient (Wildman–Crippen LogP) is 3.06. The van der Waals surface area contributed by atoms with Gasteiger partial charge in [-0.1, -0.05) is 6.92 Å². The summed E-state index contributed by atoms with van der Waals surface area (Å²) in [6, 6.07) is 9.47. The van der Waals surface area contributed by atoms with Gasteiger partial charge in [-0.25, -0.2) is 4.98 Å². The predicted molar refractivity (Wildman–Crippen MR) is 73.3 cm³/mol. The van der Waals surface area contributed by atoms with Crippen molar-refractivity contribution in [3.63, 3.8) is 0 Å². The van der Waals surface area contributed by atoms with Crippen LogP contribution >= 0.6 is 0 Å². The minimum atomic E-state index is 0.646. The quantitative estimate of drug-likeness (QED) is 0.824. The number of hydrogen-bond donors (Lipinski definition) is 0. The van der Waals surface area contributed by atoms with E-state index < -0.39 is 0 Å². The molecule has 2 aromatic rings. The van der Waals surface area contributed by atoms with Gasteiger partial charge in [0.2, 0.25) is 0 Å². The Hall–Kier alpha value is -2.12. The van der Waals surface area contributed by atoms with Gasteiger partial charge in [0.15, 0.2) is 12.2 Å². The molecular formula is C15H17N3O. The Morgan fingerprint density at radius 1 is 1.32 bits per heavy atom. The maximum absolute atomic E-state index is 8.80. The first-order valence-electron chi connectivity index (χ1n) is 6.36. The van der Waals surface area contributed by atoms with Crippen LogP contribution in [0.5, 0.6) is 0 Å². The number of hydrogen-bond acceptors (Lipinski definition) is 4. The normalized spacial score (nSPS) is 10.6. The molecule has 0 N–H and O–H groups in total. The number of nitriles is 1. The lowest BCUT2D eigenvalue weighted by atomic mass is 10.1. The van der Waals surface area contributed by atoms with Crippen LogP contribution in [0, 0.1) is 11.3 Å². The first-order valence-corrected chi connectivity index (χ1v) is 6.36. The molecule has 0 amide bonds. The third-order valence-corrected chi connectivity index (χ3v) is 2.94. The smallest absolute Gasteiger partial charge is 0.181 e. The van der Waals surface area contributed by atoms with E-state index in [1.165, 1.54) is 6.39 Å². The van der Waals surface area contributed by atoms with Crippen molar-refractivity contribution in [2.75, 3.05) is 13.6 Å². The molecule has 0 saturated heterocycles. The van der Waals surface area contributed by atoms with Crippen molar-refractivity contribution in [1.29, 1.82) is 5.26 Å². The van der Waals surface area contributed by atoms with E-state index in [0.717, 1.165) is 36.5 Å². The zero-order valence-electron chi connectivity index (χ0n) is 11.3. The van der Waals surface area contributed by atoms with Gasteiger partial charge >= 0.3 is 0 Å². The maximum Gasteiger partial charge on any atom is 0.181 e. The zero-order valence-corrected chi connectivity index (χ0v) is 11.3. The van der Waals surface area contributed by atoms with Crippen molar-refractivity contribution < 1.29 is 4.42 Å². The first kappa shape index (κ1) is 13.3. The van der Waals surface area contributed by atoms with Crippen LogP contribution in [-0.4, -0.2) is 23.5 Å². The molecular weight excluding hydrogens is 238 g/mol. The summed E-state index contributed by atoms with van der Waals surface area (Å²) in [5.74, 6) is 0.785. The van der Waals surface area contributed by atoms with Crippen molar-refractivity contribution in [2.24, 2.45) is 0 Å². The fourth-order valence-corrected chi connectivity index (χ4v) is 2.03. The minimum absolute atomic E-state index is 0.646. The van der Waals surface area contributed by atoms with E-state index in [2.05, 4.69) is 29.9 Å². The van der Waals surface area contributed by atoms with Crippen molar-refractivity contribution in [3.05, 3.63) is 41.9 Å². The molecule has 0 bridgehead atoms. The molecule has 4 nitrogen and oxygen atoms in total. The number of nitrogens with zero attached hydrogens (tertiary/aromatic N) is 3. The van der Waals surface area contributed by atoms with Gasteiger partial charge in [0, 0.05) is 12.1 Å². The number of rotatable bonds is 5. The van der Waals surface area contributed by atoms with Crippen LogP contribution in [0.1, 0.15) is 24.6 Å². The lowest BCUT2D eigenvalue weighted by molar-refractivity contribution is 0.324. The summed E-state index contributed by atoms with van der Waals surface area (Å²) in [5, 5.41) is 8.80. The molecule has 0 atom stereocenters. The SMILES string of the molecule is CCCN(C)Cc1ncoc1-c1ccc(C#N)cc1. The summed E-state index contributed by atoms with van der Waals surface area (Å²) in [7, 11) is 2.07. The summed E-state index contributed by atoms with van der Waals surface area (Å²) < 4.78 is 5.48. The Kier molecular flexibility index (Phi) is 4.32. The molecule has 0 radical (unpaired) electrons. The minimum Gasteiger partial charge on any atom is -0.443 e. The fraction of sp³-hybridized carbons (Fsp3) is 0.333. The van der Waals surface area contributed by atoms with Gasteiger partial charge in [-0.05, 0) is 44.3 Å². The summed E-state index contributed by atoms with van der Waals surface area (Å²) in [6.45, 7) is 3.94.